The zero-order valence-corrected chi connectivity index (χ0v) is 20.3. The van der Waals surface area contributed by atoms with Gasteiger partial charge < -0.3 is 0 Å². The van der Waals surface area contributed by atoms with Crippen LogP contribution in [0.1, 0.15) is 62.6 Å². The molecule has 1 nitrogen and oxygen atoms in total. The Morgan fingerprint density at radius 1 is 0.931 bits per heavy atom. The number of fused-ring (bicyclic) bond motifs is 1. The maximum absolute atomic E-state index is 2.56. The SMILES string of the molecule is Cc1c(-c2c3ccc([Si]4(C)CCC4)cc3cc[n+]2C)cc(C(C)C)cc1C(C)C. The number of benzene rings is 2. The van der Waals surface area contributed by atoms with Crippen LogP contribution in [-0.4, -0.2) is 8.07 Å². The highest BCUT2D eigenvalue weighted by Gasteiger charge is 2.36. The van der Waals surface area contributed by atoms with Crippen molar-refractivity contribution in [1.29, 1.82) is 0 Å². The molecule has 1 fully saturated rings. The van der Waals surface area contributed by atoms with Crippen LogP contribution >= 0.6 is 0 Å². The lowest BCUT2D eigenvalue weighted by Crippen LogP contribution is -2.50. The molecule has 1 aromatic heterocycles. The van der Waals surface area contributed by atoms with Crippen molar-refractivity contribution in [2.24, 2.45) is 7.05 Å². The maximum Gasteiger partial charge on any atom is 0.220 e. The van der Waals surface area contributed by atoms with E-state index >= 15 is 0 Å². The number of pyridine rings is 1. The summed E-state index contributed by atoms with van der Waals surface area (Å²) in [6.45, 7) is 14.1. The third-order valence-electron chi connectivity index (χ3n) is 7.31. The van der Waals surface area contributed by atoms with Gasteiger partial charge in [0.05, 0.1) is 19.0 Å². The predicted octanol–water partition coefficient (Wildman–Crippen LogP) is 6.58. The van der Waals surface area contributed by atoms with E-state index in [-0.39, 0.29) is 0 Å². The molecule has 0 spiro atoms. The summed E-state index contributed by atoms with van der Waals surface area (Å²) < 4.78 is 2.32. The van der Waals surface area contributed by atoms with E-state index in [2.05, 4.69) is 95.4 Å². The summed E-state index contributed by atoms with van der Waals surface area (Å²) >= 11 is 0. The van der Waals surface area contributed by atoms with E-state index in [1.165, 1.54) is 57.2 Å². The molecule has 0 saturated carbocycles. The Morgan fingerprint density at radius 3 is 2.24 bits per heavy atom. The molecule has 0 N–H and O–H groups in total. The summed E-state index contributed by atoms with van der Waals surface area (Å²) in [5.74, 6) is 1.06. The van der Waals surface area contributed by atoms with E-state index in [1.54, 1.807) is 5.19 Å². The first-order valence-corrected chi connectivity index (χ1v) is 14.2. The molecule has 0 radical (unpaired) electrons. The summed E-state index contributed by atoms with van der Waals surface area (Å²) in [6, 6.07) is 17.5. The molecule has 0 amide bonds. The fraction of sp³-hybridized carbons (Fsp3) is 0.444. The van der Waals surface area contributed by atoms with Gasteiger partial charge in [0.1, 0.15) is 7.05 Å². The Bertz CT molecular complexity index is 1070. The fourth-order valence-corrected chi connectivity index (χ4v) is 8.00. The third kappa shape index (κ3) is 3.46. The van der Waals surface area contributed by atoms with E-state index < -0.39 is 8.07 Å². The lowest BCUT2D eigenvalue weighted by atomic mass is 9.86. The highest BCUT2D eigenvalue weighted by Crippen LogP contribution is 2.36. The van der Waals surface area contributed by atoms with Crippen molar-refractivity contribution in [3.05, 3.63) is 59.3 Å². The smallest absolute Gasteiger partial charge is 0.200 e. The maximum atomic E-state index is 2.56. The third-order valence-corrected chi connectivity index (χ3v) is 11.9. The first kappa shape index (κ1) is 20.3. The molecule has 1 saturated heterocycles. The highest BCUT2D eigenvalue weighted by molar-refractivity contribution is 6.93. The normalized spacial score (nSPS) is 15.9. The number of rotatable bonds is 4. The molecule has 152 valence electrons. The van der Waals surface area contributed by atoms with Crippen molar-refractivity contribution in [2.75, 3.05) is 0 Å². The number of hydrogen-bond acceptors (Lipinski definition) is 0. The lowest BCUT2D eigenvalue weighted by molar-refractivity contribution is -0.659. The zero-order valence-electron chi connectivity index (χ0n) is 19.3. The first-order valence-electron chi connectivity index (χ1n) is 11.3. The largest absolute Gasteiger partial charge is 0.220 e. The van der Waals surface area contributed by atoms with Crippen LogP contribution in [0.3, 0.4) is 0 Å². The Hall–Kier alpha value is -1.93. The van der Waals surface area contributed by atoms with Crippen LogP contribution in [0.5, 0.6) is 0 Å². The second kappa shape index (κ2) is 7.39. The molecule has 0 atom stereocenters. The van der Waals surface area contributed by atoms with Gasteiger partial charge in [-0.1, -0.05) is 76.1 Å². The van der Waals surface area contributed by atoms with E-state index in [0.717, 1.165) is 0 Å². The van der Waals surface area contributed by atoms with Gasteiger partial charge in [-0.2, -0.15) is 0 Å². The van der Waals surface area contributed by atoms with Crippen LogP contribution in [0.2, 0.25) is 18.6 Å². The molecule has 2 heteroatoms. The lowest BCUT2D eigenvalue weighted by Gasteiger charge is -2.36. The number of hydrogen-bond donors (Lipinski definition) is 0. The van der Waals surface area contributed by atoms with Gasteiger partial charge in [-0.3, -0.25) is 0 Å². The van der Waals surface area contributed by atoms with Gasteiger partial charge >= 0.3 is 0 Å². The molecule has 29 heavy (non-hydrogen) atoms. The quantitative estimate of drug-likeness (QED) is 0.343. The Morgan fingerprint density at radius 2 is 1.66 bits per heavy atom. The second-order valence-electron chi connectivity index (χ2n) is 10.1. The molecule has 0 bridgehead atoms. The van der Waals surface area contributed by atoms with Gasteiger partial charge in [-0.05, 0) is 53.0 Å². The molecule has 1 aliphatic heterocycles. The van der Waals surface area contributed by atoms with Crippen LogP contribution < -0.4 is 9.75 Å². The van der Waals surface area contributed by atoms with Gasteiger partial charge in [0.15, 0.2) is 6.20 Å². The number of nitrogens with zero attached hydrogens (tertiary/aromatic N) is 1. The van der Waals surface area contributed by atoms with Gasteiger partial charge in [-0.15, -0.1) is 0 Å². The Labute approximate surface area is 177 Å². The van der Waals surface area contributed by atoms with Crippen molar-refractivity contribution < 1.29 is 4.57 Å². The molecular formula is C27H36NSi+. The fourth-order valence-electron chi connectivity index (χ4n) is 5.02. The van der Waals surface area contributed by atoms with Gasteiger partial charge in [0, 0.05) is 6.07 Å². The Balaban J connectivity index is 1.97. The van der Waals surface area contributed by atoms with Crippen molar-refractivity contribution in [3.8, 4) is 11.3 Å². The van der Waals surface area contributed by atoms with Crippen LogP contribution in [-0.2, 0) is 7.05 Å². The molecule has 4 rings (SSSR count). The van der Waals surface area contributed by atoms with Crippen LogP contribution in [0.4, 0.5) is 0 Å². The summed E-state index contributed by atoms with van der Waals surface area (Å²) in [5, 5.41) is 4.43. The predicted molar refractivity (Wildman–Crippen MR) is 129 cm³/mol. The van der Waals surface area contributed by atoms with Crippen LogP contribution in [0, 0.1) is 6.92 Å². The highest BCUT2D eigenvalue weighted by atomic mass is 28.3. The standard InChI is InChI=1S/C27H36NSi/c1-18(2)22-16-25(19(3)4)20(5)26(17-22)27-24-10-9-23(29(7)13-8-14-29)15-21(24)11-12-28(27)6/h9-12,15-19H,8,13-14H2,1-7H3/q+1. The van der Waals surface area contributed by atoms with Crippen LogP contribution in [0.25, 0.3) is 22.0 Å². The minimum atomic E-state index is -1.17. The molecule has 0 aliphatic carbocycles. The summed E-state index contributed by atoms with van der Waals surface area (Å²) in [5.41, 5.74) is 7.10. The van der Waals surface area contributed by atoms with Crippen LogP contribution in [0.15, 0.2) is 42.6 Å². The minimum absolute atomic E-state index is 0.531. The van der Waals surface area contributed by atoms with Crippen molar-refractivity contribution in [1.82, 2.24) is 0 Å². The zero-order chi connectivity index (χ0) is 20.9. The van der Waals surface area contributed by atoms with Gasteiger partial charge in [0.2, 0.25) is 5.69 Å². The monoisotopic (exact) mass is 402 g/mol. The van der Waals surface area contributed by atoms with E-state index in [0.29, 0.717) is 11.8 Å². The molecule has 1 aliphatic rings. The molecule has 2 aromatic carbocycles. The number of aromatic nitrogens is 1. The van der Waals surface area contributed by atoms with E-state index in [4.69, 9.17) is 0 Å². The van der Waals surface area contributed by atoms with Gasteiger partial charge in [-0.25, -0.2) is 4.57 Å². The minimum Gasteiger partial charge on any atom is -0.200 e. The first-order chi connectivity index (χ1) is 13.7. The second-order valence-corrected chi connectivity index (χ2v) is 14.8. The molecule has 2 heterocycles. The number of aryl methyl sites for hydroxylation is 1. The molecular weight excluding hydrogens is 366 g/mol. The Kier molecular flexibility index (Phi) is 5.19. The summed E-state index contributed by atoms with van der Waals surface area (Å²) in [7, 11) is 1.03. The van der Waals surface area contributed by atoms with Gasteiger partial charge in [0.25, 0.3) is 0 Å². The molecule has 3 aromatic rings. The topological polar surface area (TPSA) is 3.88 Å². The van der Waals surface area contributed by atoms with Crippen molar-refractivity contribution in [2.45, 2.75) is 71.5 Å². The summed E-state index contributed by atoms with van der Waals surface area (Å²) in [6.07, 6.45) is 3.68. The molecule has 0 unspecified atom stereocenters. The van der Waals surface area contributed by atoms with Crippen molar-refractivity contribution in [3.63, 3.8) is 0 Å². The summed E-state index contributed by atoms with van der Waals surface area (Å²) in [4.78, 5) is 0. The van der Waals surface area contributed by atoms with E-state index in [9.17, 15) is 0 Å². The van der Waals surface area contributed by atoms with Crippen molar-refractivity contribution >= 4 is 24.0 Å². The average Bonchev–Trinajstić information content (AvgIpc) is 2.66. The average molecular weight is 403 g/mol. The van der Waals surface area contributed by atoms with E-state index in [1.807, 2.05) is 0 Å².